The molecule has 0 aliphatic rings. The Kier molecular flexibility index (Phi) is 3.88. The molecule has 0 spiro atoms. The highest BCUT2D eigenvalue weighted by Gasteiger charge is 2.14. The smallest absolute Gasteiger partial charge is 0.351 e. The zero-order valence-electron chi connectivity index (χ0n) is 12.2. The van der Waals surface area contributed by atoms with Gasteiger partial charge in [0.25, 0.3) is 0 Å². The van der Waals surface area contributed by atoms with Gasteiger partial charge in [0.1, 0.15) is 5.52 Å². The average molecular weight is 299 g/mol. The predicted molar refractivity (Wildman–Crippen MR) is 83.9 cm³/mol. The molecule has 0 saturated carbocycles. The van der Waals surface area contributed by atoms with E-state index in [0.717, 1.165) is 11.1 Å². The SMILES string of the molecule is Cn1cnc2c1c(NCCO)nc(=O)n2Cc1ccccc1. The van der Waals surface area contributed by atoms with E-state index in [1.54, 1.807) is 10.9 Å². The van der Waals surface area contributed by atoms with E-state index in [0.29, 0.717) is 24.6 Å². The third kappa shape index (κ3) is 2.58. The lowest BCUT2D eigenvalue weighted by atomic mass is 10.2. The Balaban J connectivity index is 2.12. The molecule has 0 aliphatic heterocycles. The van der Waals surface area contributed by atoms with E-state index in [4.69, 9.17) is 5.11 Å². The van der Waals surface area contributed by atoms with E-state index in [2.05, 4.69) is 15.3 Å². The number of fused-ring (bicyclic) bond motifs is 1. The highest BCUT2D eigenvalue weighted by atomic mass is 16.3. The largest absolute Gasteiger partial charge is 0.395 e. The second kappa shape index (κ2) is 5.98. The number of imidazole rings is 1. The van der Waals surface area contributed by atoms with Crippen LogP contribution in [-0.2, 0) is 13.6 Å². The molecule has 3 aromatic rings. The number of hydrogen-bond donors (Lipinski definition) is 2. The van der Waals surface area contributed by atoms with E-state index in [-0.39, 0.29) is 12.3 Å². The van der Waals surface area contributed by atoms with Crippen molar-refractivity contribution < 1.29 is 5.11 Å². The lowest BCUT2D eigenvalue weighted by Gasteiger charge is -2.11. The molecule has 0 amide bonds. The number of anilines is 1. The van der Waals surface area contributed by atoms with Gasteiger partial charge in [-0.05, 0) is 5.56 Å². The van der Waals surface area contributed by atoms with Crippen LogP contribution in [0.15, 0.2) is 41.5 Å². The van der Waals surface area contributed by atoms with Crippen molar-refractivity contribution >= 4 is 17.0 Å². The van der Waals surface area contributed by atoms with Gasteiger partial charge in [-0.2, -0.15) is 4.98 Å². The Hall–Kier alpha value is -2.67. The summed E-state index contributed by atoms with van der Waals surface area (Å²) in [7, 11) is 1.85. The number of nitrogens with one attached hydrogen (secondary N) is 1. The van der Waals surface area contributed by atoms with Gasteiger partial charge in [-0.1, -0.05) is 30.3 Å². The van der Waals surface area contributed by atoms with Crippen molar-refractivity contribution in [3.05, 3.63) is 52.7 Å². The molecule has 114 valence electrons. The fraction of sp³-hybridized carbons (Fsp3) is 0.267. The monoisotopic (exact) mass is 299 g/mol. The first-order chi connectivity index (χ1) is 10.7. The summed E-state index contributed by atoms with van der Waals surface area (Å²) in [5, 5.41) is 11.9. The molecule has 2 aromatic heterocycles. The molecule has 1 aromatic carbocycles. The van der Waals surface area contributed by atoms with E-state index in [9.17, 15) is 4.79 Å². The van der Waals surface area contributed by atoms with Gasteiger partial charge in [0.15, 0.2) is 11.5 Å². The Morgan fingerprint density at radius 3 is 2.77 bits per heavy atom. The lowest BCUT2D eigenvalue weighted by molar-refractivity contribution is 0.311. The molecule has 0 saturated heterocycles. The number of hydrogen-bond acceptors (Lipinski definition) is 5. The summed E-state index contributed by atoms with van der Waals surface area (Å²) < 4.78 is 3.36. The summed E-state index contributed by atoms with van der Waals surface area (Å²) in [4.78, 5) is 20.8. The molecule has 0 atom stereocenters. The number of aliphatic hydroxyl groups excluding tert-OH is 1. The molecule has 3 rings (SSSR count). The standard InChI is InChI=1S/C15H17N5O2/c1-19-10-17-14-12(19)13(16-7-8-21)18-15(22)20(14)9-11-5-3-2-4-6-11/h2-6,10,21H,7-9H2,1H3,(H,16,18,22). The lowest BCUT2D eigenvalue weighted by Crippen LogP contribution is -2.26. The van der Waals surface area contributed by atoms with E-state index in [1.807, 2.05) is 41.9 Å². The summed E-state index contributed by atoms with van der Waals surface area (Å²) in [5.41, 5.74) is 1.96. The minimum Gasteiger partial charge on any atom is -0.395 e. The number of rotatable bonds is 5. The number of benzene rings is 1. The number of aromatic nitrogens is 4. The maximum atomic E-state index is 12.3. The molecule has 0 aliphatic carbocycles. The highest BCUT2D eigenvalue weighted by Crippen LogP contribution is 2.18. The Bertz CT molecular complexity index is 838. The maximum absolute atomic E-state index is 12.3. The van der Waals surface area contributed by atoms with Crippen molar-refractivity contribution in [2.45, 2.75) is 6.54 Å². The third-order valence-corrected chi connectivity index (χ3v) is 3.42. The molecule has 2 heterocycles. The van der Waals surface area contributed by atoms with Crippen LogP contribution in [0.3, 0.4) is 0 Å². The van der Waals surface area contributed by atoms with E-state index in [1.165, 1.54) is 0 Å². The topological polar surface area (TPSA) is 85.0 Å². The van der Waals surface area contributed by atoms with Gasteiger partial charge in [-0.3, -0.25) is 4.57 Å². The van der Waals surface area contributed by atoms with Crippen molar-refractivity contribution in [3.63, 3.8) is 0 Å². The third-order valence-electron chi connectivity index (χ3n) is 3.42. The summed E-state index contributed by atoms with van der Waals surface area (Å²) >= 11 is 0. The second-order valence-corrected chi connectivity index (χ2v) is 4.99. The molecular weight excluding hydrogens is 282 g/mol. The predicted octanol–water partition coefficient (Wildman–Crippen LogP) is 0.582. The quantitative estimate of drug-likeness (QED) is 0.720. The van der Waals surface area contributed by atoms with E-state index < -0.39 is 0 Å². The van der Waals surface area contributed by atoms with Crippen LogP contribution in [0.2, 0.25) is 0 Å². The fourth-order valence-corrected chi connectivity index (χ4v) is 2.39. The van der Waals surface area contributed by atoms with E-state index >= 15 is 0 Å². The molecule has 0 bridgehead atoms. The Labute approximate surface area is 126 Å². The molecule has 2 N–H and O–H groups in total. The van der Waals surface area contributed by atoms with Crippen molar-refractivity contribution in [2.24, 2.45) is 7.05 Å². The van der Waals surface area contributed by atoms with Crippen LogP contribution in [0, 0.1) is 0 Å². The Morgan fingerprint density at radius 1 is 1.27 bits per heavy atom. The first-order valence-corrected chi connectivity index (χ1v) is 7.01. The minimum absolute atomic E-state index is 0.0336. The Morgan fingerprint density at radius 2 is 2.05 bits per heavy atom. The number of nitrogens with zero attached hydrogens (tertiary/aromatic N) is 4. The van der Waals surface area contributed by atoms with Gasteiger partial charge in [0.05, 0.1) is 19.5 Å². The normalized spacial score (nSPS) is 11.0. The molecule has 22 heavy (non-hydrogen) atoms. The minimum atomic E-state index is -0.365. The average Bonchev–Trinajstić information content (AvgIpc) is 2.91. The van der Waals surface area contributed by atoms with Crippen LogP contribution in [0.5, 0.6) is 0 Å². The first-order valence-electron chi connectivity index (χ1n) is 7.01. The zero-order chi connectivity index (χ0) is 15.5. The maximum Gasteiger partial charge on any atom is 0.351 e. The molecule has 0 fully saturated rings. The van der Waals surface area contributed by atoms with Gasteiger partial charge in [0, 0.05) is 13.6 Å². The van der Waals surface area contributed by atoms with Crippen LogP contribution < -0.4 is 11.0 Å². The molecule has 7 nitrogen and oxygen atoms in total. The molecule has 0 unspecified atom stereocenters. The van der Waals surface area contributed by atoms with Gasteiger partial charge in [-0.25, -0.2) is 9.78 Å². The number of aliphatic hydroxyl groups is 1. The summed E-state index contributed by atoms with van der Waals surface area (Å²) in [6, 6.07) is 9.71. The van der Waals surface area contributed by atoms with Gasteiger partial charge in [-0.15, -0.1) is 0 Å². The molecule has 7 heteroatoms. The highest BCUT2D eigenvalue weighted by molar-refractivity contribution is 5.83. The van der Waals surface area contributed by atoms with Crippen molar-refractivity contribution in [2.75, 3.05) is 18.5 Å². The van der Waals surface area contributed by atoms with Crippen LogP contribution in [0.25, 0.3) is 11.2 Å². The fourth-order valence-electron chi connectivity index (χ4n) is 2.39. The van der Waals surface area contributed by atoms with Gasteiger partial charge >= 0.3 is 5.69 Å². The zero-order valence-corrected chi connectivity index (χ0v) is 12.2. The van der Waals surface area contributed by atoms with Gasteiger partial charge in [0.2, 0.25) is 0 Å². The summed E-state index contributed by atoms with van der Waals surface area (Å²) in [6.45, 7) is 0.712. The molecule has 0 radical (unpaired) electrons. The van der Waals surface area contributed by atoms with Crippen molar-refractivity contribution in [3.8, 4) is 0 Å². The molecular formula is C15H17N5O2. The summed E-state index contributed by atoms with van der Waals surface area (Å²) in [6.07, 6.45) is 1.65. The van der Waals surface area contributed by atoms with Crippen LogP contribution in [-0.4, -0.2) is 37.4 Å². The number of aryl methyl sites for hydroxylation is 1. The summed E-state index contributed by atoms with van der Waals surface area (Å²) in [5.74, 6) is 0.443. The van der Waals surface area contributed by atoms with Crippen LogP contribution in [0.1, 0.15) is 5.56 Å². The van der Waals surface area contributed by atoms with Crippen molar-refractivity contribution in [1.82, 2.24) is 19.1 Å². The van der Waals surface area contributed by atoms with Gasteiger partial charge < -0.3 is 15.0 Å². The van der Waals surface area contributed by atoms with Crippen molar-refractivity contribution in [1.29, 1.82) is 0 Å². The second-order valence-electron chi connectivity index (χ2n) is 4.99. The van der Waals surface area contributed by atoms with Crippen LogP contribution in [0.4, 0.5) is 5.82 Å². The van der Waals surface area contributed by atoms with Crippen LogP contribution >= 0.6 is 0 Å². The first kappa shape index (κ1) is 14.3.